The van der Waals surface area contributed by atoms with Gasteiger partial charge in [-0.05, 0) is 119 Å². The van der Waals surface area contributed by atoms with Gasteiger partial charge in [0.1, 0.15) is 11.9 Å². The summed E-state index contributed by atoms with van der Waals surface area (Å²) in [5.74, 6) is -0.298. The van der Waals surface area contributed by atoms with Crippen LogP contribution in [-0.4, -0.2) is 69.9 Å². The fourth-order valence-electron chi connectivity index (χ4n) is 12.8. The van der Waals surface area contributed by atoms with Crippen molar-refractivity contribution in [3.8, 4) is 0 Å². The maximum atomic E-state index is 15.2. The van der Waals surface area contributed by atoms with Gasteiger partial charge in [0.05, 0.1) is 17.1 Å². The molecule has 11 atom stereocenters. The number of benzene rings is 2. The number of carbonyl (C=O) groups excluding carboxylic acids is 3. The molecular formula is C44H60N2O7S. The summed E-state index contributed by atoms with van der Waals surface area (Å²) < 4.78 is 39.7. The van der Waals surface area contributed by atoms with Crippen LogP contribution in [0.5, 0.6) is 0 Å². The van der Waals surface area contributed by atoms with Crippen LogP contribution in [0.4, 0.5) is 0 Å². The van der Waals surface area contributed by atoms with Gasteiger partial charge in [0.15, 0.2) is 0 Å². The number of nitrogens with one attached hydrogen (secondary N) is 1. The highest BCUT2D eigenvalue weighted by molar-refractivity contribution is 7.86. The summed E-state index contributed by atoms with van der Waals surface area (Å²) in [6.07, 6.45) is 4.56. The van der Waals surface area contributed by atoms with Crippen molar-refractivity contribution in [2.24, 2.45) is 50.7 Å². The molecule has 5 fully saturated rings. The zero-order valence-electron chi connectivity index (χ0n) is 33.6. The Hall–Kier alpha value is -3.08. The van der Waals surface area contributed by atoms with Crippen molar-refractivity contribution in [1.82, 2.24) is 10.2 Å². The lowest BCUT2D eigenvalue weighted by Crippen LogP contribution is -2.64. The number of nitrogens with zero attached hydrogens (tertiary/aromatic N) is 1. The fraction of sp³-hybridized carbons (Fsp3) is 0.659. The van der Waals surface area contributed by atoms with E-state index in [1.807, 2.05) is 39.0 Å². The van der Waals surface area contributed by atoms with Crippen LogP contribution in [0.2, 0.25) is 0 Å². The quantitative estimate of drug-likeness (QED) is 0.199. The lowest BCUT2D eigenvalue weighted by molar-refractivity contribution is -0.173. The van der Waals surface area contributed by atoms with E-state index in [0.717, 1.165) is 31.2 Å². The van der Waals surface area contributed by atoms with Crippen molar-refractivity contribution in [2.45, 2.75) is 116 Å². The van der Waals surface area contributed by atoms with Gasteiger partial charge in [-0.3, -0.25) is 13.8 Å². The summed E-state index contributed by atoms with van der Waals surface area (Å²) in [5, 5.41) is 3.31. The third kappa shape index (κ3) is 5.66. The SMILES string of the molecule is Cc1ccc(S(=O)(=O)OC[C@]2(C)[C@@H](NC(=O)C(C)C)CC[C@]34C[C@@]35C(=O)C[C@]3(C)[C@@H]([C@H](C)N(C)C)[C@H](OC(=O)c6ccccc6)C[C@@]3(C)[C@@H]5CC[C@@H]24)cc1. The van der Waals surface area contributed by atoms with Crippen LogP contribution in [0, 0.1) is 57.7 Å². The van der Waals surface area contributed by atoms with Gasteiger partial charge in [0.25, 0.3) is 10.1 Å². The molecule has 0 saturated heterocycles. The summed E-state index contributed by atoms with van der Waals surface area (Å²) >= 11 is 0. The van der Waals surface area contributed by atoms with Gasteiger partial charge in [-0.15, -0.1) is 0 Å². The summed E-state index contributed by atoms with van der Waals surface area (Å²) in [6, 6.07) is 15.6. The number of rotatable bonds is 10. The van der Waals surface area contributed by atoms with Crippen molar-refractivity contribution in [2.75, 3.05) is 20.7 Å². The van der Waals surface area contributed by atoms with Gasteiger partial charge >= 0.3 is 5.97 Å². The molecule has 0 aromatic heterocycles. The summed E-state index contributed by atoms with van der Waals surface area (Å²) in [6.45, 7) is 14.5. The maximum Gasteiger partial charge on any atom is 0.338 e. The molecule has 2 aromatic carbocycles. The number of esters is 1. The molecule has 0 heterocycles. The van der Waals surface area contributed by atoms with Gasteiger partial charge < -0.3 is 15.0 Å². The Bertz CT molecular complexity index is 1920. The first-order valence-electron chi connectivity index (χ1n) is 20.0. The predicted molar refractivity (Wildman–Crippen MR) is 207 cm³/mol. The highest BCUT2D eigenvalue weighted by atomic mass is 32.2. The van der Waals surface area contributed by atoms with E-state index in [1.165, 1.54) is 0 Å². The highest BCUT2D eigenvalue weighted by Crippen LogP contribution is 2.88. The molecule has 1 amide bonds. The lowest BCUT2D eigenvalue weighted by Gasteiger charge is -2.63. The third-order valence-corrected chi connectivity index (χ3v) is 17.3. The molecule has 0 bridgehead atoms. The number of Topliss-reactive ketones (excluding diaryl/α,β-unsaturated/α-hetero) is 1. The van der Waals surface area contributed by atoms with E-state index in [2.05, 4.69) is 52.0 Å². The van der Waals surface area contributed by atoms with E-state index in [1.54, 1.807) is 36.4 Å². The van der Waals surface area contributed by atoms with Crippen molar-refractivity contribution in [3.05, 3.63) is 65.7 Å². The number of aryl methyl sites for hydroxylation is 1. The summed E-state index contributed by atoms with van der Waals surface area (Å²) in [7, 11) is 0.0469. The number of hydrogen-bond donors (Lipinski definition) is 1. The second kappa shape index (κ2) is 13.3. The normalized spacial score (nSPS) is 38.9. The average molecular weight is 761 g/mol. The Morgan fingerprint density at radius 3 is 2.20 bits per heavy atom. The van der Waals surface area contributed by atoms with Crippen LogP contribution < -0.4 is 5.32 Å². The maximum absolute atomic E-state index is 15.2. The average Bonchev–Trinajstić information content (AvgIpc) is 3.76. The fourth-order valence-corrected chi connectivity index (χ4v) is 13.8. The summed E-state index contributed by atoms with van der Waals surface area (Å²) in [4.78, 5) is 44.4. The van der Waals surface area contributed by atoms with E-state index in [0.29, 0.717) is 30.6 Å². The predicted octanol–water partition coefficient (Wildman–Crippen LogP) is 7.22. The van der Waals surface area contributed by atoms with E-state index in [4.69, 9.17) is 8.92 Å². The van der Waals surface area contributed by atoms with Crippen molar-refractivity contribution in [3.63, 3.8) is 0 Å². The molecule has 5 saturated carbocycles. The Labute approximate surface area is 322 Å². The second-order valence-electron chi connectivity index (χ2n) is 19.0. The van der Waals surface area contributed by atoms with Gasteiger partial charge in [-0.1, -0.05) is 70.5 Å². The standard InChI is InChI=1S/C44H60N2O7S/c1-27(2)38(48)45-35-21-22-43-25-44(43)34(20-19-33(43)40(35,5)26-52-54(50,51)31-17-15-28(3)16-18-31)41(6)23-32(53-39(49)30-13-11-10-12-14-30)37(29(4)46(8)9)42(41,7)24-36(44)47/h10-18,27,29,32-35,37H,19-26H2,1-9H3,(H,45,48)/t29-,32+,33-,34-,35-,37-,40-,41-,42+,43+,44+/m0/s1. The lowest BCUT2D eigenvalue weighted by atomic mass is 9.41. The topological polar surface area (TPSA) is 119 Å². The first-order valence-corrected chi connectivity index (χ1v) is 21.4. The molecule has 9 nitrogen and oxygen atoms in total. The molecule has 10 heteroatoms. The van der Waals surface area contributed by atoms with Gasteiger partial charge in [-0.2, -0.15) is 8.42 Å². The molecule has 294 valence electrons. The molecule has 2 spiro atoms. The minimum absolute atomic E-state index is 0.0257. The Morgan fingerprint density at radius 1 is 0.926 bits per heavy atom. The third-order valence-electron chi connectivity index (χ3n) is 16.0. The number of carbonyl (C=O) groups is 3. The van der Waals surface area contributed by atoms with E-state index < -0.39 is 26.4 Å². The van der Waals surface area contributed by atoms with E-state index >= 15 is 4.79 Å². The number of fused-ring (bicyclic) bond motifs is 2. The minimum atomic E-state index is -4.08. The molecule has 0 radical (unpaired) electrons. The zero-order valence-corrected chi connectivity index (χ0v) is 34.4. The van der Waals surface area contributed by atoms with Gasteiger partial charge in [0, 0.05) is 41.2 Å². The van der Waals surface area contributed by atoms with Crippen LogP contribution in [-0.2, 0) is 28.6 Å². The number of ether oxygens (including phenoxy) is 1. The molecule has 2 aromatic rings. The largest absolute Gasteiger partial charge is 0.458 e. The van der Waals surface area contributed by atoms with Gasteiger partial charge in [-0.25, -0.2) is 4.79 Å². The van der Waals surface area contributed by atoms with Crippen LogP contribution in [0.1, 0.15) is 102 Å². The minimum Gasteiger partial charge on any atom is -0.458 e. The van der Waals surface area contributed by atoms with Crippen molar-refractivity contribution < 1.29 is 31.7 Å². The molecule has 5 aliphatic rings. The molecule has 1 N–H and O–H groups in total. The van der Waals surface area contributed by atoms with Crippen LogP contribution in [0.15, 0.2) is 59.5 Å². The first-order chi connectivity index (χ1) is 25.3. The van der Waals surface area contributed by atoms with Crippen LogP contribution in [0.25, 0.3) is 0 Å². The Morgan fingerprint density at radius 2 is 1.57 bits per heavy atom. The summed E-state index contributed by atoms with van der Waals surface area (Å²) in [5.41, 5.74) is -0.796. The molecular weight excluding hydrogens is 701 g/mol. The molecule has 0 aliphatic heterocycles. The molecule has 54 heavy (non-hydrogen) atoms. The van der Waals surface area contributed by atoms with Crippen LogP contribution in [0.3, 0.4) is 0 Å². The second-order valence-corrected chi connectivity index (χ2v) is 20.6. The molecule has 0 unspecified atom stereocenters. The van der Waals surface area contributed by atoms with E-state index in [9.17, 15) is 18.0 Å². The highest BCUT2D eigenvalue weighted by Gasteiger charge is 2.86. The molecule has 7 rings (SSSR count). The Kier molecular flexibility index (Phi) is 9.62. The zero-order chi connectivity index (χ0) is 39.2. The number of hydrogen-bond acceptors (Lipinski definition) is 8. The van der Waals surface area contributed by atoms with E-state index in [-0.39, 0.29) is 76.1 Å². The number of ketones is 1. The number of amides is 1. The molecule has 5 aliphatic carbocycles. The van der Waals surface area contributed by atoms with Crippen molar-refractivity contribution in [1.29, 1.82) is 0 Å². The van der Waals surface area contributed by atoms with Gasteiger partial charge in [0.2, 0.25) is 5.91 Å². The monoisotopic (exact) mass is 760 g/mol. The Balaban J connectivity index is 1.24. The first kappa shape index (κ1) is 39.2. The van der Waals surface area contributed by atoms with Crippen molar-refractivity contribution >= 4 is 27.8 Å². The smallest absolute Gasteiger partial charge is 0.338 e. The van der Waals surface area contributed by atoms with Crippen LogP contribution >= 0.6 is 0 Å².